The first-order valence-electron chi connectivity index (χ1n) is 6.20. The summed E-state index contributed by atoms with van der Waals surface area (Å²) in [6.07, 6.45) is 5.94. The monoisotopic (exact) mass is 262 g/mol. The van der Waals surface area contributed by atoms with Crippen LogP contribution in [-0.4, -0.2) is 53.6 Å². The average Bonchev–Trinajstić information content (AvgIpc) is 2.36. The molecule has 1 fully saturated rings. The lowest BCUT2D eigenvalue weighted by atomic mass is 9.89. The number of nitrogens with zero attached hydrogens (tertiary/aromatic N) is 1. The topological polar surface area (TPSA) is 29.3 Å². The minimum absolute atomic E-state index is 0.279. The second-order valence-corrected chi connectivity index (χ2v) is 6.80. The highest BCUT2D eigenvalue weighted by atomic mass is 32.2. The van der Waals surface area contributed by atoms with Crippen LogP contribution in [0, 0.1) is 0 Å². The molecule has 2 N–H and O–H groups in total. The fourth-order valence-electron chi connectivity index (χ4n) is 2.54. The second kappa shape index (κ2) is 7.14. The summed E-state index contributed by atoms with van der Waals surface area (Å²) in [5.41, 5.74) is 6.35. The third-order valence-electron chi connectivity index (χ3n) is 3.93. The van der Waals surface area contributed by atoms with Crippen molar-refractivity contribution in [1.29, 1.82) is 0 Å². The third kappa shape index (κ3) is 3.31. The molecule has 0 bridgehead atoms. The Labute approximate surface area is 109 Å². The summed E-state index contributed by atoms with van der Waals surface area (Å²) in [4.78, 5) is 2.59. The molecule has 96 valence electrons. The molecule has 0 amide bonds. The molecule has 2 nitrogen and oxygen atoms in total. The van der Waals surface area contributed by atoms with Crippen LogP contribution in [0.1, 0.15) is 26.2 Å². The van der Waals surface area contributed by atoms with Gasteiger partial charge in [-0.15, -0.1) is 0 Å². The average molecular weight is 262 g/mol. The number of thioether (sulfide) groups is 2. The van der Waals surface area contributed by atoms with Gasteiger partial charge in [-0.1, -0.05) is 6.92 Å². The predicted molar refractivity (Wildman–Crippen MR) is 78.6 cm³/mol. The van der Waals surface area contributed by atoms with E-state index < -0.39 is 0 Å². The van der Waals surface area contributed by atoms with Gasteiger partial charge in [0.15, 0.2) is 0 Å². The number of hydrogen-bond donors (Lipinski definition) is 1. The molecule has 1 saturated heterocycles. The van der Waals surface area contributed by atoms with Crippen LogP contribution in [0.3, 0.4) is 0 Å². The van der Waals surface area contributed by atoms with E-state index >= 15 is 0 Å². The van der Waals surface area contributed by atoms with Crippen LogP contribution >= 0.6 is 23.5 Å². The summed E-state index contributed by atoms with van der Waals surface area (Å²) in [7, 11) is 2.28. The normalized spacial score (nSPS) is 22.3. The lowest BCUT2D eigenvalue weighted by molar-refractivity contribution is 0.0762. The molecule has 0 aromatic rings. The molecule has 0 aromatic carbocycles. The van der Waals surface area contributed by atoms with Crippen molar-refractivity contribution in [2.75, 3.05) is 37.1 Å². The lowest BCUT2D eigenvalue weighted by Crippen LogP contribution is -2.58. The summed E-state index contributed by atoms with van der Waals surface area (Å²) >= 11 is 4.02. The second-order valence-electron chi connectivity index (χ2n) is 4.67. The molecule has 1 rings (SSSR count). The zero-order valence-corrected chi connectivity index (χ0v) is 12.5. The van der Waals surface area contributed by atoms with Crippen molar-refractivity contribution in [3.63, 3.8) is 0 Å². The highest BCUT2D eigenvalue weighted by Gasteiger charge is 2.37. The number of likely N-dealkylation sites (N-methyl/N-ethyl adjacent to an activating group) is 1. The van der Waals surface area contributed by atoms with E-state index in [1.807, 2.05) is 11.8 Å². The molecule has 1 atom stereocenters. The summed E-state index contributed by atoms with van der Waals surface area (Å²) < 4.78 is 0. The molecule has 1 aliphatic heterocycles. The van der Waals surface area contributed by atoms with Crippen molar-refractivity contribution in [1.82, 2.24) is 4.90 Å². The van der Waals surface area contributed by atoms with Crippen LogP contribution in [0.2, 0.25) is 0 Å². The molecule has 1 unspecified atom stereocenters. The molecule has 1 heterocycles. The van der Waals surface area contributed by atoms with Gasteiger partial charge in [0.2, 0.25) is 0 Å². The molecule has 0 spiro atoms. The summed E-state index contributed by atoms with van der Waals surface area (Å²) in [5, 5.41) is 0. The van der Waals surface area contributed by atoms with Gasteiger partial charge in [-0.05, 0) is 44.1 Å². The van der Waals surface area contributed by atoms with Gasteiger partial charge >= 0.3 is 0 Å². The Morgan fingerprint density at radius 1 is 1.44 bits per heavy atom. The zero-order chi connectivity index (χ0) is 12.0. The van der Waals surface area contributed by atoms with Gasteiger partial charge in [-0.2, -0.15) is 23.5 Å². The van der Waals surface area contributed by atoms with Crippen LogP contribution < -0.4 is 5.73 Å². The van der Waals surface area contributed by atoms with E-state index in [0.717, 1.165) is 6.54 Å². The maximum Gasteiger partial charge on any atom is 0.0347 e. The van der Waals surface area contributed by atoms with Crippen LogP contribution in [0.15, 0.2) is 0 Å². The zero-order valence-electron chi connectivity index (χ0n) is 10.9. The Morgan fingerprint density at radius 3 is 2.50 bits per heavy atom. The Bertz CT molecular complexity index is 193. The summed E-state index contributed by atoms with van der Waals surface area (Å²) in [5.74, 6) is 3.77. The lowest BCUT2D eigenvalue weighted by Gasteiger charge is -2.47. The highest BCUT2D eigenvalue weighted by molar-refractivity contribution is 7.99. The van der Waals surface area contributed by atoms with E-state index in [2.05, 4.69) is 36.9 Å². The third-order valence-corrected chi connectivity index (χ3v) is 5.63. The number of rotatable bonds is 6. The van der Waals surface area contributed by atoms with E-state index in [1.165, 1.54) is 36.5 Å². The summed E-state index contributed by atoms with van der Waals surface area (Å²) in [6.45, 7) is 3.11. The summed E-state index contributed by atoms with van der Waals surface area (Å²) in [6, 6.07) is 0.682. The van der Waals surface area contributed by atoms with Gasteiger partial charge in [-0.25, -0.2) is 0 Å². The van der Waals surface area contributed by atoms with E-state index in [9.17, 15) is 0 Å². The van der Waals surface area contributed by atoms with Crippen molar-refractivity contribution in [3.05, 3.63) is 0 Å². The fraction of sp³-hybridized carbons (Fsp3) is 1.00. The van der Waals surface area contributed by atoms with Crippen LogP contribution in [0.4, 0.5) is 0 Å². The number of hydrogen-bond acceptors (Lipinski definition) is 4. The van der Waals surface area contributed by atoms with Gasteiger partial charge in [0, 0.05) is 23.9 Å². The Kier molecular flexibility index (Phi) is 6.55. The molecular formula is C12H26N2S2. The van der Waals surface area contributed by atoms with Crippen LogP contribution in [0.5, 0.6) is 0 Å². The SMILES string of the molecule is CCC(CSC)N(C)C1(CN)CCSCC1. The Balaban J connectivity index is 2.68. The first-order chi connectivity index (χ1) is 7.70. The van der Waals surface area contributed by atoms with E-state index in [-0.39, 0.29) is 5.54 Å². The minimum Gasteiger partial charge on any atom is -0.329 e. The van der Waals surface area contributed by atoms with E-state index in [0.29, 0.717) is 6.04 Å². The Morgan fingerprint density at radius 2 is 2.06 bits per heavy atom. The van der Waals surface area contributed by atoms with Crippen molar-refractivity contribution in [2.24, 2.45) is 5.73 Å². The first-order valence-corrected chi connectivity index (χ1v) is 8.74. The van der Waals surface area contributed by atoms with Crippen molar-refractivity contribution in [2.45, 2.75) is 37.8 Å². The largest absolute Gasteiger partial charge is 0.329 e. The van der Waals surface area contributed by atoms with Crippen LogP contribution in [0.25, 0.3) is 0 Å². The van der Waals surface area contributed by atoms with E-state index in [1.54, 1.807) is 0 Å². The minimum atomic E-state index is 0.279. The molecule has 16 heavy (non-hydrogen) atoms. The maximum atomic E-state index is 6.07. The number of nitrogens with two attached hydrogens (primary N) is 1. The Hall–Kier alpha value is 0.620. The van der Waals surface area contributed by atoms with Gasteiger partial charge in [0.25, 0.3) is 0 Å². The van der Waals surface area contributed by atoms with Gasteiger partial charge in [-0.3, -0.25) is 4.90 Å². The molecule has 0 aliphatic carbocycles. The molecule has 0 saturated carbocycles. The molecule has 1 aliphatic rings. The first kappa shape index (κ1) is 14.7. The fourth-order valence-corrected chi connectivity index (χ4v) is 4.63. The van der Waals surface area contributed by atoms with E-state index in [4.69, 9.17) is 5.73 Å². The molecular weight excluding hydrogens is 236 g/mol. The predicted octanol–water partition coefficient (Wildman–Crippen LogP) is 2.28. The van der Waals surface area contributed by atoms with Crippen molar-refractivity contribution >= 4 is 23.5 Å². The van der Waals surface area contributed by atoms with Gasteiger partial charge < -0.3 is 5.73 Å². The van der Waals surface area contributed by atoms with Crippen molar-refractivity contribution in [3.8, 4) is 0 Å². The van der Waals surface area contributed by atoms with Gasteiger partial charge in [0.1, 0.15) is 0 Å². The quantitative estimate of drug-likeness (QED) is 0.795. The van der Waals surface area contributed by atoms with Gasteiger partial charge in [0.05, 0.1) is 0 Å². The maximum absolute atomic E-state index is 6.07. The molecule has 4 heteroatoms. The standard InChI is InChI=1S/C12H26N2S2/c1-4-11(9-15-3)14(2)12(10-13)5-7-16-8-6-12/h11H,4-10,13H2,1-3H3. The smallest absolute Gasteiger partial charge is 0.0347 e. The molecule has 0 aromatic heterocycles. The highest BCUT2D eigenvalue weighted by Crippen LogP contribution is 2.33. The molecule has 0 radical (unpaired) electrons. The van der Waals surface area contributed by atoms with Crippen molar-refractivity contribution < 1.29 is 0 Å². The van der Waals surface area contributed by atoms with Crippen LogP contribution in [-0.2, 0) is 0 Å².